The monoisotopic (exact) mass is 418 g/mol. The summed E-state index contributed by atoms with van der Waals surface area (Å²) in [5.74, 6) is 1.03. The van der Waals surface area contributed by atoms with E-state index in [0.717, 1.165) is 6.61 Å². The molecule has 2 fully saturated rings. The molecule has 0 amide bonds. The van der Waals surface area contributed by atoms with Crippen LogP contribution >= 0.6 is 0 Å². The van der Waals surface area contributed by atoms with E-state index in [1.165, 1.54) is 56.6 Å². The average molecular weight is 419 g/mol. The van der Waals surface area contributed by atoms with Crippen molar-refractivity contribution in [2.75, 3.05) is 13.4 Å². The van der Waals surface area contributed by atoms with Gasteiger partial charge in [-0.05, 0) is 74.7 Å². The molecule has 3 aliphatic carbocycles. The van der Waals surface area contributed by atoms with Crippen LogP contribution in [0.15, 0.2) is 23.3 Å². The van der Waals surface area contributed by atoms with Crippen LogP contribution in [0.2, 0.25) is 25.7 Å². The maximum absolute atomic E-state index is 6.70. The summed E-state index contributed by atoms with van der Waals surface area (Å²) < 4.78 is 12.7. The third kappa shape index (κ3) is 4.93. The molecule has 4 atom stereocenters. The lowest BCUT2D eigenvalue weighted by Gasteiger charge is -2.56. The maximum atomic E-state index is 6.70. The fraction of sp³-hybridized carbons (Fsp3) is 0.846. The zero-order valence-corrected chi connectivity index (χ0v) is 21.3. The number of hydrogen-bond donors (Lipinski definition) is 0. The Morgan fingerprint density at radius 1 is 1.07 bits per heavy atom. The number of ether oxygens (including phenoxy) is 2. The summed E-state index contributed by atoms with van der Waals surface area (Å²) in [6, 6.07) is 1.20. The van der Waals surface area contributed by atoms with E-state index >= 15 is 0 Å². The second kappa shape index (κ2) is 8.63. The quantitative estimate of drug-likeness (QED) is 0.191. The molecule has 0 aliphatic heterocycles. The summed E-state index contributed by atoms with van der Waals surface area (Å²) in [6.45, 7) is 22.9. The van der Waals surface area contributed by atoms with Crippen LogP contribution < -0.4 is 0 Å². The minimum Gasteiger partial charge on any atom is -0.356 e. The molecule has 0 unspecified atom stereocenters. The minimum absolute atomic E-state index is 0.213. The molecule has 2 bridgehead atoms. The topological polar surface area (TPSA) is 18.5 Å². The van der Waals surface area contributed by atoms with E-state index in [2.05, 4.69) is 53.9 Å². The summed E-state index contributed by atoms with van der Waals surface area (Å²) in [7, 11) is -1.06. The number of hydrogen-bond acceptors (Lipinski definition) is 2. The molecular formula is C26H46O2Si. The van der Waals surface area contributed by atoms with E-state index in [1.54, 1.807) is 11.1 Å². The predicted octanol–water partition coefficient (Wildman–Crippen LogP) is 7.59. The fourth-order valence-electron chi connectivity index (χ4n) is 6.62. The molecular weight excluding hydrogens is 372 g/mol. The molecule has 0 aromatic heterocycles. The summed E-state index contributed by atoms with van der Waals surface area (Å²) in [6.07, 6.45) is 9.01. The van der Waals surface area contributed by atoms with Gasteiger partial charge in [0.15, 0.2) is 0 Å². The van der Waals surface area contributed by atoms with E-state index in [9.17, 15) is 0 Å². The molecule has 2 nitrogen and oxygen atoms in total. The van der Waals surface area contributed by atoms with Gasteiger partial charge >= 0.3 is 0 Å². The normalized spacial score (nSPS) is 35.1. The van der Waals surface area contributed by atoms with Crippen LogP contribution in [0.1, 0.15) is 72.6 Å². The lowest BCUT2D eigenvalue weighted by molar-refractivity contribution is -0.157. The van der Waals surface area contributed by atoms with Crippen molar-refractivity contribution >= 4 is 8.07 Å². The van der Waals surface area contributed by atoms with Crippen molar-refractivity contribution in [3.8, 4) is 0 Å². The third-order valence-electron chi connectivity index (χ3n) is 8.50. The van der Waals surface area contributed by atoms with Gasteiger partial charge < -0.3 is 9.47 Å². The van der Waals surface area contributed by atoms with Crippen molar-refractivity contribution in [3.63, 3.8) is 0 Å². The van der Waals surface area contributed by atoms with Gasteiger partial charge in [0.2, 0.25) is 0 Å². The largest absolute Gasteiger partial charge is 0.356 e. The van der Waals surface area contributed by atoms with Crippen molar-refractivity contribution in [2.45, 2.75) is 104 Å². The van der Waals surface area contributed by atoms with Crippen LogP contribution in [0.3, 0.4) is 0 Å². The van der Waals surface area contributed by atoms with E-state index < -0.39 is 8.07 Å². The molecule has 0 aromatic rings. The van der Waals surface area contributed by atoms with Crippen LogP contribution in [-0.2, 0) is 9.47 Å². The first-order valence-electron chi connectivity index (χ1n) is 12.0. The van der Waals surface area contributed by atoms with Gasteiger partial charge in [0, 0.05) is 20.6 Å². The van der Waals surface area contributed by atoms with E-state index in [1.807, 2.05) is 0 Å². The Morgan fingerprint density at radius 2 is 1.79 bits per heavy atom. The minimum atomic E-state index is -1.06. The molecule has 0 heterocycles. The van der Waals surface area contributed by atoms with Gasteiger partial charge in [0.05, 0.1) is 6.10 Å². The van der Waals surface area contributed by atoms with Gasteiger partial charge in [0.25, 0.3) is 0 Å². The Balaban J connectivity index is 1.85. The SMILES string of the molecule is C=C1CCC[C@@]2(C)CCC3=C(C)CC[C@@H]([C@@H](OCOCC[Si](C)(C)C)[C@H]12)C3(C)C. The van der Waals surface area contributed by atoms with Crippen LogP contribution in [0, 0.1) is 22.7 Å². The Kier molecular flexibility index (Phi) is 6.93. The first-order chi connectivity index (χ1) is 13.5. The summed E-state index contributed by atoms with van der Waals surface area (Å²) in [5, 5.41) is 0. The summed E-state index contributed by atoms with van der Waals surface area (Å²) >= 11 is 0. The van der Waals surface area contributed by atoms with Gasteiger partial charge in [-0.1, -0.05) is 63.7 Å². The van der Waals surface area contributed by atoms with Gasteiger partial charge in [-0.25, -0.2) is 0 Å². The maximum Gasteiger partial charge on any atom is 0.147 e. The van der Waals surface area contributed by atoms with Crippen LogP contribution in [0.4, 0.5) is 0 Å². The lowest BCUT2D eigenvalue weighted by Crippen LogP contribution is -2.52. The van der Waals surface area contributed by atoms with Crippen LogP contribution in [-0.4, -0.2) is 27.6 Å². The highest BCUT2D eigenvalue weighted by molar-refractivity contribution is 6.76. The van der Waals surface area contributed by atoms with E-state index in [4.69, 9.17) is 9.47 Å². The molecule has 2 saturated carbocycles. The number of allylic oxidation sites excluding steroid dienone is 2. The highest BCUT2D eigenvalue weighted by Crippen LogP contribution is 2.59. The number of rotatable bonds is 6. The second-order valence-corrected chi connectivity index (χ2v) is 17.9. The molecule has 0 aromatic carbocycles. The molecule has 3 aliphatic rings. The molecule has 0 N–H and O–H groups in total. The molecule has 3 heteroatoms. The van der Waals surface area contributed by atoms with E-state index in [0.29, 0.717) is 24.0 Å². The van der Waals surface area contributed by atoms with Crippen molar-refractivity contribution in [3.05, 3.63) is 23.3 Å². The van der Waals surface area contributed by atoms with Crippen LogP contribution in [0.5, 0.6) is 0 Å². The van der Waals surface area contributed by atoms with Crippen LogP contribution in [0.25, 0.3) is 0 Å². The summed E-state index contributed by atoms with van der Waals surface area (Å²) in [4.78, 5) is 0. The van der Waals surface area contributed by atoms with Crippen molar-refractivity contribution < 1.29 is 9.47 Å². The zero-order valence-electron chi connectivity index (χ0n) is 20.3. The van der Waals surface area contributed by atoms with E-state index in [-0.39, 0.29) is 11.5 Å². The average Bonchev–Trinajstić information content (AvgIpc) is 2.58. The first-order valence-corrected chi connectivity index (χ1v) is 15.7. The Hall–Kier alpha value is -0.383. The zero-order chi connectivity index (χ0) is 21.4. The Labute approximate surface area is 181 Å². The van der Waals surface area contributed by atoms with Gasteiger partial charge in [0.1, 0.15) is 6.79 Å². The Morgan fingerprint density at radius 3 is 2.48 bits per heavy atom. The smallest absolute Gasteiger partial charge is 0.147 e. The third-order valence-corrected chi connectivity index (χ3v) is 10.2. The molecule has 0 saturated heterocycles. The molecule has 29 heavy (non-hydrogen) atoms. The highest BCUT2D eigenvalue weighted by atomic mass is 28.3. The Bertz CT molecular complexity index is 642. The molecule has 0 spiro atoms. The second-order valence-electron chi connectivity index (χ2n) is 12.2. The number of fused-ring (bicyclic) bond motifs is 3. The lowest BCUT2D eigenvalue weighted by atomic mass is 9.51. The standard InChI is InChI=1S/C26H46O2Si/c1-19-11-12-22-24(28-18-27-16-17-29(6,7)8)23-20(2)10-9-14-26(23,5)15-13-21(19)25(22,3)4/h22-24H,2,9-18H2,1,3-8H3/t22-,23-,24+,26-/m0/s1. The summed E-state index contributed by atoms with van der Waals surface area (Å²) in [5.41, 5.74) is 5.34. The van der Waals surface area contributed by atoms with Gasteiger partial charge in [-0.2, -0.15) is 0 Å². The van der Waals surface area contributed by atoms with Gasteiger partial charge in [-0.3, -0.25) is 0 Å². The first kappa shape index (κ1) is 23.3. The van der Waals surface area contributed by atoms with Crippen molar-refractivity contribution in [2.24, 2.45) is 22.7 Å². The van der Waals surface area contributed by atoms with Crippen molar-refractivity contribution in [1.82, 2.24) is 0 Å². The predicted molar refractivity (Wildman–Crippen MR) is 127 cm³/mol. The molecule has 3 rings (SSSR count). The molecule has 0 radical (unpaired) electrons. The van der Waals surface area contributed by atoms with Crippen molar-refractivity contribution in [1.29, 1.82) is 0 Å². The highest BCUT2D eigenvalue weighted by Gasteiger charge is 2.53. The fourth-order valence-corrected chi connectivity index (χ4v) is 7.38. The van der Waals surface area contributed by atoms with Gasteiger partial charge in [-0.15, -0.1) is 0 Å². The molecule has 166 valence electrons.